The zero-order valence-corrected chi connectivity index (χ0v) is 13.2. The first-order chi connectivity index (χ1) is 9.66. The minimum Gasteiger partial charge on any atom is -0.493 e. The van der Waals surface area contributed by atoms with Crippen molar-refractivity contribution in [3.05, 3.63) is 24.3 Å². The largest absolute Gasteiger partial charge is 0.493 e. The Bertz CT molecular complexity index is 578. The predicted molar refractivity (Wildman–Crippen MR) is 78.9 cm³/mol. The highest BCUT2D eigenvalue weighted by Crippen LogP contribution is 2.19. The van der Waals surface area contributed by atoms with Crippen molar-refractivity contribution < 1.29 is 23.1 Å². The van der Waals surface area contributed by atoms with Gasteiger partial charge in [0.25, 0.3) is 0 Å². The van der Waals surface area contributed by atoms with Crippen LogP contribution in [-0.2, 0) is 14.8 Å². The van der Waals surface area contributed by atoms with E-state index in [1.165, 1.54) is 24.3 Å². The van der Waals surface area contributed by atoms with E-state index >= 15 is 0 Å². The van der Waals surface area contributed by atoms with Crippen LogP contribution in [0.1, 0.15) is 33.6 Å². The van der Waals surface area contributed by atoms with Crippen LogP contribution in [0.25, 0.3) is 0 Å². The zero-order chi connectivity index (χ0) is 16.1. The van der Waals surface area contributed by atoms with Crippen molar-refractivity contribution >= 4 is 16.0 Å². The quantitative estimate of drug-likeness (QED) is 0.765. The number of hydrogen-bond donors (Lipinski definition) is 2. The smallest absolute Gasteiger partial charge is 0.306 e. The van der Waals surface area contributed by atoms with Crippen LogP contribution in [-0.4, -0.2) is 31.6 Å². The lowest BCUT2D eigenvalue weighted by molar-refractivity contribution is -0.137. The molecule has 0 bridgehead atoms. The van der Waals surface area contributed by atoms with Crippen LogP contribution in [0.15, 0.2) is 29.2 Å². The minimum absolute atomic E-state index is 0.0442. The van der Waals surface area contributed by atoms with Crippen molar-refractivity contribution in [2.24, 2.45) is 0 Å². The number of carboxylic acids is 1. The maximum absolute atomic E-state index is 12.2. The lowest BCUT2D eigenvalue weighted by atomic mass is 10.0. The molecular formula is C14H21NO5S. The highest BCUT2D eigenvalue weighted by Gasteiger charge is 2.24. The van der Waals surface area contributed by atoms with Crippen molar-refractivity contribution in [2.45, 2.75) is 44.0 Å². The standard InChI is InChI=1S/C14H21NO5S/c1-4-14(2,3)15-21(18,19)12-7-5-11(6-8-12)20-10-9-13(16)17/h5-8,15H,4,9-10H2,1-3H3,(H,16,17). The van der Waals surface area contributed by atoms with Gasteiger partial charge >= 0.3 is 5.97 Å². The first-order valence-corrected chi connectivity index (χ1v) is 8.13. The van der Waals surface area contributed by atoms with Gasteiger partial charge in [0, 0.05) is 5.54 Å². The van der Waals surface area contributed by atoms with Gasteiger partial charge in [-0.1, -0.05) is 6.92 Å². The summed E-state index contributed by atoms with van der Waals surface area (Å²) in [5, 5.41) is 8.51. The maximum atomic E-state index is 12.2. The second-order valence-corrected chi connectivity index (χ2v) is 6.99. The molecule has 0 fully saturated rings. The molecule has 118 valence electrons. The van der Waals surface area contributed by atoms with E-state index in [0.717, 1.165) is 0 Å². The first kappa shape index (κ1) is 17.5. The van der Waals surface area contributed by atoms with Crippen molar-refractivity contribution in [1.82, 2.24) is 4.72 Å². The Morgan fingerprint density at radius 2 is 1.86 bits per heavy atom. The fourth-order valence-electron chi connectivity index (χ4n) is 1.47. The van der Waals surface area contributed by atoms with Crippen LogP contribution < -0.4 is 9.46 Å². The van der Waals surface area contributed by atoms with Gasteiger partial charge in [-0.15, -0.1) is 0 Å². The number of rotatable bonds is 8. The zero-order valence-electron chi connectivity index (χ0n) is 12.4. The summed E-state index contributed by atoms with van der Waals surface area (Å²) in [5.41, 5.74) is -0.518. The number of hydrogen-bond acceptors (Lipinski definition) is 4. The molecule has 0 aromatic heterocycles. The van der Waals surface area contributed by atoms with Gasteiger partial charge in [-0.05, 0) is 44.5 Å². The SMILES string of the molecule is CCC(C)(C)NS(=O)(=O)c1ccc(OCCC(=O)O)cc1. The van der Waals surface area contributed by atoms with E-state index in [1.807, 2.05) is 20.8 Å². The summed E-state index contributed by atoms with van der Waals surface area (Å²) in [5.74, 6) is -0.509. The van der Waals surface area contributed by atoms with Gasteiger partial charge in [0.2, 0.25) is 10.0 Å². The third-order valence-electron chi connectivity index (χ3n) is 3.01. The number of ether oxygens (including phenoxy) is 1. The van der Waals surface area contributed by atoms with Crippen LogP contribution in [0.2, 0.25) is 0 Å². The fraction of sp³-hybridized carbons (Fsp3) is 0.500. The van der Waals surface area contributed by atoms with Gasteiger partial charge in [0.05, 0.1) is 17.9 Å². The number of carboxylic acid groups (broad SMARTS) is 1. The molecule has 21 heavy (non-hydrogen) atoms. The molecule has 0 aliphatic carbocycles. The molecule has 0 radical (unpaired) electrons. The average molecular weight is 315 g/mol. The fourth-order valence-corrected chi connectivity index (χ4v) is 2.95. The average Bonchev–Trinajstić information content (AvgIpc) is 2.38. The molecule has 0 aliphatic rings. The molecule has 1 aromatic carbocycles. The second-order valence-electron chi connectivity index (χ2n) is 5.31. The summed E-state index contributed by atoms with van der Waals surface area (Å²) in [4.78, 5) is 10.5. The van der Waals surface area contributed by atoms with Crippen molar-refractivity contribution in [3.8, 4) is 5.75 Å². The van der Waals surface area contributed by atoms with E-state index in [-0.39, 0.29) is 17.9 Å². The van der Waals surface area contributed by atoms with Crippen molar-refractivity contribution in [1.29, 1.82) is 0 Å². The molecule has 0 unspecified atom stereocenters. The van der Waals surface area contributed by atoms with Crippen LogP contribution >= 0.6 is 0 Å². The summed E-state index contributed by atoms with van der Waals surface area (Å²) < 4.78 is 32.2. The summed E-state index contributed by atoms with van der Waals surface area (Å²) in [7, 11) is -3.58. The Morgan fingerprint density at radius 3 is 2.33 bits per heavy atom. The molecule has 2 N–H and O–H groups in total. The number of sulfonamides is 1. The Labute approximate surface area is 125 Å². The summed E-state index contributed by atoms with van der Waals surface area (Å²) in [6.07, 6.45) is 0.564. The van der Waals surface area contributed by atoms with E-state index in [1.54, 1.807) is 0 Å². The van der Waals surface area contributed by atoms with Gasteiger partial charge in [-0.3, -0.25) is 4.79 Å². The number of carbonyl (C=O) groups is 1. The topological polar surface area (TPSA) is 92.7 Å². The Kier molecular flexibility index (Phi) is 5.74. The lowest BCUT2D eigenvalue weighted by Crippen LogP contribution is -2.42. The molecular weight excluding hydrogens is 294 g/mol. The first-order valence-electron chi connectivity index (χ1n) is 6.65. The second kappa shape index (κ2) is 6.91. The van der Waals surface area contributed by atoms with Crippen LogP contribution in [0.4, 0.5) is 0 Å². The summed E-state index contributed by atoms with van der Waals surface area (Å²) in [6, 6.07) is 5.89. The highest BCUT2D eigenvalue weighted by molar-refractivity contribution is 7.89. The molecule has 0 amide bonds. The van der Waals surface area contributed by atoms with Crippen molar-refractivity contribution in [3.63, 3.8) is 0 Å². The Balaban J connectivity index is 2.75. The molecule has 0 heterocycles. The highest BCUT2D eigenvalue weighted by atomic mass is 32.2. The van der Waals surface area contributed by atoms with Gasteiger partial charge in [-0.25, -0.2) is 13.1 Å². The Hall–Kier alpha value is -1.60. The third-order valence-corrected chi connectivity index (χ3v) is 4.73. The van der Waals surface area contributed by atoms with Gasteiger partial charge in [-0.2, -0.15) is 0 Å². The molecule has 7 heteroatoms. The van der Waals surface area contributed by atoms with Crippen molar-refractivity contribution in [2.75, 3.05) is 6.61 Å². The van der Waals surface area contributed by atoms with E-state index in [9.17, 15) is 13.2 Å². The molecule has 0 atom stereocenters. The van der Waals surface area contributed by atoms with Crippen LogP contribution in [0, 0.1) is 0 Å². The molecule has 6 nitrogen and oxygen atoms in total. The molecule has 0 spiro atoms. The lowest BCUT2D eigenvalue weighted by Gasteiger charge is -2.24. The van der Waals surface area contributed by atoms with E-state index in [0.29, 0.717) is 12.2 Å². The number of aliphatic carboxylic acids is 1. The molecule has 0 aliphatic heterocycles. The van der Waals surface area contributed by atoms with Crippen LogP contribution in [0.3, 0.4) is 0 Å². The van der Waals surface area contributed by atoms with Gasteiger partial charge in [0.15, 0.2) is 0 Å². The summed E-state index contributed by atoms with van der Waals surface area (Å²) >= 11 is 0. The minimum atomic E-state index is -3.58. The molecule has 0 saturated heterocycles. The monoisotopic (exact) mass is 315 g/mol. The normalized spacial score (nSPS) is 12.1. The van der Waals surface area contributed by atoms with Gasteiger partial charge in [0.1, 0.15) is 5.75 Å². The third kappa shape index (κ3) is 5.73. The molecule has 0 saturated carbocycles. The van der Waals surface area contributed by atoms with E-state index in [2.05, 4.69) is 4.72 Å². The summed E-state index contributed by atoms with van der Waals surface area (Å²) in [6.45, 7) is 5.58. The molecule has 1 aromatic rings. The maximum Gasteiger partial charge on any atom is 0.306 e. The van der Waals surface area contributed by atoms with E-state index in [4.69, 9.17) is 9.84 Å². The van der Waals surface area contributed by atoms with Crippen LogP contribution in [0.5, 0.6) is 5.75 Å². The molecule has 1 rings (SSSR count). The van der Waals surface area contributed by atoms with E-state index < -0.39 is 21.5 Å². The number of nitrogens with one attached hydrogen (secondary N) is 1. The number of benzene rings is 1. The van der Waals surface area contributed by atoms with Gasteiger partial charge < -0.3 is 9.84 Å². The predicted octanol–water partition coefficient (Wildman–Crippen LogP) is 2.01. The Morgan fingerprint density at radius 1 is 1.29 bits per heavy atom.